The van der Waals surface area contributed by atoms with Crippen molar-refractivity contribution in [2.75, 3.05) is 6.54 Å². The van der Waals surface area contributed by atoms with E-state index in [1.54, 1.807) is 18.4 Å². The van der Waals surface area contributed by atoms with Crippen molar-refractivity contribution in [2.45, 2.75) is 38.5 Å². The third kappa shape index (κ3) is 3.14. The number of fused-ring (bicyclic) bond motifs is 2. The third-order valence-electron chi connectivity index (χ3n) is 5.17. The van der Waals surface area contributed by atoms with Gasteiger partial charge in [0.15, 0.2) is 11.1 Å². The summed E-state index contributed by atoms with van der Waals surface area (Å²) in [5.74, 6) is -0.0962. The molecule has 7 nitrogen and oxygen atoms in total. The molecule has 1 aromatic carbocycles. The van der Waals surface area contributed by atoms with Crippen LogP contribution in [0, 0.1) is 0 Å². The van der Waals surface area contributed by atoms with Crippen LogP contribution in [0.3, 0.4) is 0 Å². The number of carbonyl (C=O) groups is 1. The van der Waals surface area contributed by atoms with Gasteiger partial charge in [-0.25, -0.2) is 0 Å². The number of aromatic nitrogens is 2. The molecule has 0 radical (unpaired) electrons. The largest absolute Gasteiger partial charge is 0.464 e. The number of hydrogen-bond acceptors (Lipinski definition) is 5. The minimum atomic E-state index is -0.0962. The van der Waals surface area contributed by atoms with Crippen LogP contribution in [0.5, 0.6) is 0 Å². The zero-order chi connectivity index (χ0) is 18.4. The van der Waals surface area contributed by atoms with E-state index in [2.05, 4.69) is 15.3 Å². The van der Waals surface area contributed by atoms with Crippen molar-refractivity contribution < 1.29 is 9.21 Å². The summed E-state index contributed by atoms with van der Waals surface area (Å²) in [5, 5.41) is 8.01. The van der Waals surface area contributed by atoms with E-state index in [0.29, 0.717) is 47.9 Å². The van der Waals surface area contributed by atoms with Gasteiger partial charge in [-0.15, -0.1) is 0 Å². The summed E-state index contributed by atoms with van der Waals surface area (Å²) in [7, 11) is 0. The Hall–Kier alpha value is -2.93. The topological polar surface area (TPSA) is 80.4 Å². The normalized spacial score (nSPS) is 17.0. The predicted molar refractivity (Wildman–Crippen MR) is 99.3 cm³/mol. The molecule has 5 rings (SSSR count). The molecule has 2 aromatic heterocycles. The van der Waals surface area contributed by atoms with Gasteiger partial charge in [0.25, 0.3) is 5.91 Å². The highest BCUT2D eigenvalue weighted by Crippen LogP contribution is 2.20. The van der Waals surface area contributed by atoms with Gasteiger partial charge in [-0.3, -0.25) is 19.2 Å². The van der Waals surface area contributed by atoms with Crippen LogP contribution in [0.25, 0.3) is 11.0 Å². The number of hydrogen-bond donors (Lipinski definition) is 1. The van der Waals surface area contributed by atoms with Gasteiger partial charge in [0, 0.05) is 31.2 Å². The molecule has 1 aliphatic heterocycles. The van der Waals surface area contributed by atoms with Gasteiger partial charge in [0.1, 0.15) is 5.58 Å². The Morgan fingerprint density at radius 2 is 2.11 bits per heavy atom. The Bertz CT molecular complexity index is 1080. The van der Waals surface area contributed by atoms with Crippen molar-refractivity contribution in [2.24, 2.45) is 0 Å². The molecule has 0 saturated heterocycles. The fourth-order valence-corrected chi connectivity index (χ4v) is 3.52. The van der Waals surface area contributed by atoms with E-state index in [-0.39, 0.29) is 11.3 Å². The zero-order valence-electron chi connectivity index (χ0n) is 14.9. The average Bonchev–Trinajstić information content (AvgIpc) is 3.39. The Balaban J connectivity index is 1.34. The lowest BCUT2D eigenvalue weighted by atomic mass is 10.1. The van der Waals surface area contributed by atoms with E-state index in [4.69, 9.17) is 4.42 Å². The second-order valence-electron chi connectivity index (χ2n) is 7.29. The van der Waals surface area contributed by atoms with Gasteiger partial charge >= 0.3 is 0 Å². The highest BCUT2D eigenvalue weighted by Gasteiger charge is 2.27. The van der Waals surface area contributed by atoms with Crippen LogP contribution < -0.4 is 10.7 Å². The average molecular weight is 364 g/mol. The summed E-state index contributed by atoms with van der Waals surface area (Å²) in [5.41, 5.74) is 2.74. The van der Waals surface area contributed by atoms with E-state index in [1.165, 1.54) is 0 Å². The van der Waals surface area contributed by atoms with Crippen molar-refractivity contribution in [3.05, 3.63) is 63.8 Å². The monoisotopic (exact) mass is 364 g/mol. The second kappa shape index (κ2) is 6.35. The molecule has 3 heterocycles. The molecular weight excluding hydrogens is 344 g/mol. The lowest BCUT2D eigenvalue weighted by Gasteiger charge is -2.27. The number of carbonyl (C=O) groups excluding carboxylic acids is 1. The maximum absolute atomic E-state index is 12.7. The van der Waals surface area contributed by atoms with Crippen molar-refractivity contribution in [1.82, 2.24) is 20.0 Å². The second-order valence-corrected chi connectivity index (χ2v) is 7.29. The summed E-state index contributed by atoms with van der Waals surface area (Å²) in [4.78, 5) is 27.1. The maximum atomic E-state index is 12.7. The number of amides is 1. The summed E-state index contributed by atoms with van der Waals surface area (Å²) in [6, 6.07) is 9.46. The van der Waals surface area contributed by atoms with Crippen molar-refractivity contribution in [1.29, 1.82) is 0 Å². The van der Waals surface area contributed by atoms with Gasteiger partial charge in [-0.05, 0) is 31.0 Å². The van der Waals surface area contributed by atoms with Crippen molar-refractivity contribution >= 4 is 16.9 Å². The van der Waals surface area contributed by atoms with Crippen LogP contribution in [0.2, 0.25) is 0 Å². The minimum Gasteiger partial charge on any atom is -0.464 e. The Morgan fingerprint density at radius 3 is 2.96 bits per heavy atom. The number of nitrogens with one attached hydrogen (secondary N) is 1. The zero-order valence-corrected chi connectivity index (χ0v) is 14.9. The van der Waals surface area contributed by atoms with Gasteiger partial charge in [0.05, 0.1) is 23.9 Å². The fraction of sp³-hybridized carbons (Fsp3) is 0.350. The minimum absolute atomic E-state index is 0.0143. The van der Waals surface area contributed by atoms with Gasteiger partial charge in [-0.1, -0.05) is 12.1 Å². The van der Waals surface area contributed by atoms with Crippen LogP contribution in [-0.4, -0.2) is 33.2 Å². The first kappa shape index (κ1) is 16.3. The standard InChI is InChI=1S/C20H20N4O3/c25-19-13(12-27-18-4-2-1-3-16(18)19)10-23-7-8-24-15(11-23)9-17(22-24)20(26)21-14-5-6-14/h1-4,9,12,14H,5-8,10-11H2,(H,21,26). The first-order chi connectivity index (χ1) is 13.2. The van der Waals surface area contributed by atoms with Crippen LogP contribution in [0.4, 0.5) is 0 Å². The first-order valence-corrected chi connectivity index (χ1v) is 9.27. The van der Waals surface area contributed by atoms with E-state index >= 15 is 0 Å². The molecule has 0 unspecified atom stereocenters. The molecule has 7 heteroatoms. The van der Waals surface area contributed by atoms with Crippen molar-refractivity contribution in [3.63, 3.8) is 0 Å². The predicted octanol–water partition coefficient (Wildman–Crippen LogP) is 1.90. The van der Waals surface area contributed by atoms with Crippen LogP contribution in [-0.2, 0) is 19.6 Å². The number of benzene rings is 1. The maximum Gasteiger partial charge on any atom is 0.272 e. The Labute approximate surface area is 155 Å². The number of rotatable bonds is 4. The smallest absolute Gasteiger partial charge is 0.272 e. The van der Waals surface area contributed by atoms with Gasteiger partial charge in [-0.2, -0.15) is 5.10 Å². The van der Waals surface area contributed by atoms with E-state index in [1.807, 2.05) is 22.9 Å². The SMILES string of the molecule is O=C(NC1CC1)c1cc2n(n1)CCN(Cc1coc3ccccc3c1=O)C2. The molecular formula is C20H20N4O3. The lowest BCUT2D eigenvalue weighted by Crippen LogP contribution is -2.34. The summed E-state index contributed by atoms with van der Waals surface area (Å²) in [6.07, 6.45) is 3.67. The number of nitrogens with zero attached hydrogens (tertiary/aromatic N) is 3. The molecule has 27 heavy (non-hydrogen) atoms. The highest BCUT2D eigenvalue weighted by atomic mass is 16.3. The summed E-state index contributed by atoms with van der Waals surface area (Å²) in [6.45, 7) is 2.63. The Morgan fingerprint density at radius 1 is 1.26 bits per heavy atom. The van der Waals surface area contributed by atoms with Crippen molar-refractivity contribution in [3.8, 4) is 0 Å². The molecule has 1 aliphatic carbocycles. The van der Waals surface area contributed by atoms with Crippen LogP contribution in [0.1, 0.15) is 34.6 Å². The molecule has 1 fully saturated rings. The molecule has 2 aliphatic rings. The van der Waals surface area contributed by atoms with Gasteiger partial charge in [0.2, 0.25) is 0 Å². The molecule has 0 spiro atoms. The Kier molecular flexibility index (Phi) is 3.82. The summed E-state index contributed by atoms with van der Waals surface area (Å²) < 4.78 is 7.51. The van der Waals surface area contributed by atoms with Crippen LogP contribution in [0.15, 0.2) is 45.8 Å². The highest BCUT2D eigenvalue weighted by molar-refractivity contribution is 5.92. The third-order valence-corrected chi connectivity index (χ3v) is 5.17. The molecule has 1 saturated carbocycles. The fourth-order valence-electron chi connectivity index (χ4n) is 3.52. The lowest BCUT2D eigenvalue weighted by molar-refractivity contribution is 0.0945. The van der Waals surface area contributed by atoms with Gasteiger partial charge < -0.3 is 9.73 Å². The molecule has 3 aromatic rings. The van der Waals surface area contributed by atoms with E-state index in [0.717, 1.165) is 25.1 Å². The quantitative estimate of drug-likeness (QED) is 0.765. The summed E-state index contributed by atoms with van der Waals surface area (Å²) >= 11 is 0. The molecule has 138 valence electrons. The molecule has 0 atom stereocenters. The van der Waals surface area contributed by atoms with E-state index in [9.17, 15) is 9.59 Å². The molecule has 0 bridgehead atoms. The molecule has 1 N–H and O–H groups in total. The first-order valence-electron chi connectivity index (χ1n) is 9.27. The number of para-hydroxylation sites is 1. The van der Waals surface area contributed by atoms with E-state index < -0.39 is 0 Å². The van der Waals surface area contributed by atoms with Crippen LogP contribution >= 0.6 is 0 Å². The molecule has 1 amide bonds.